The first-order chi connectivity index (χ1) is 20.3. The van der Waals surface area contributed by atoms with E-state index in [0.29, 0.717) is 49.2 Å². The molecule has 1 N–H and O–H groups in total. The number of ether oxygens (including phenoxy) is 1. The number of rotatable bonds is 4. The Kier molecular flexibility index (Phi) is 8.04. The molecular weight excluding hydrogens is 565 g/mol. The first kappa shape index (κ1) is 29.9. The molecule has 2 aromatic carbocycles. The highest BCUT2D eigenvalue weighted by Gasteiger charge is 2.36. The molecule has 5 rings (SSSR count). The maximum Gasteiger partial charge on any atom is 0.417 e. The summed E-state index contributed by atoms with van der Waals surface area (Å²) in [6.07, 6.45) is -1.55. The van der Waals surface area contributed by atoms with Crippen molar-refractivity contribution in [2.45, 2.75) is 45.4 Å². The molecule has 3 aromatic rings. The van der Waals surface area contributed by atoms with E-state index in [1.54, 1.807) is 45.0 Å². The molecule has 2 amide bonds. The lowest BCUT2D eigenvalue weighted by Gasteiger charge is -2.29. The summed E-state index contributed by atoms with van der Waals surface area (Å²) in [7, 11) is 0. The fourth-order valence-electron chi connectivity index (χ4n) is 4.97. The van der Waals surface area contributed by atoms with Crippen molar-refractivity contribution in [3.8, 4) is 22.9 Å². The number of alkyl halides is 3. The van der Waals surface area contributed by atoms with Crippen LogP contribution < -0.4 is 0 Å². The predicted molar refractivity (Wildman–Crippen MR) is 153 cm³/mol. The molecule has 0 spiro atoms. The minimum Gasteiger partial charge on any atom is -0.465 e. The standard InChI is InChI=1S/C31H31F3N4O5/c1-30(2,3)43-29(41)38-16-12-21(13-17-38)23-8-9-24(25(18-23)31(32,33)34)27-36-35-26(42-27)22-6-4-19(5-7-22)20-10-14-37(15-11-20)28(39)40/h4-10,12,18H,11,13-17H2,1-3H3,(H,39,40). The van der Waals surface area contributed by atoms with Crippen molar-refractivity contribution in [3.05, 3.63) is 71.3 Å². The molecule has 0 aliphatic carbocycles. The van der Waals surface area contributed by atoms with Crippen LogP contribution in [-0.2, 0) is 10.9 Å². The second kappa shape index (κ2) is 11.6. The van der Waals surface area contributed by atoms with Crippen molar-refractivity contribution >= 4 is 23.3 Å². The molecule has 2 aliphatic rings. The largest absolute Gasteiger partial charge is 0.465 e. The number of carbonyl (C=O) groups is 2. The van der Waals surface area contributed by atoms with E-state index in [0.717, 1.165) is 17.2 Å². The molecule has 12 heteroatoms. The Morgan fingerprint density at radius 1 is 0.837 bits per heavy atom. The molecule has 0 fully saturated rings. The van der Waals surface area contributed by atoms with Gasteiger partial charge in [-0.3, -0.25) is 0 Å². The number of carbonyl (C=O) groups excluding carboxylic acids is 1. The number of hydrogen-bond donors (Lipinski definition) is 1. The molecule has 226 valence electrons. The quantitative estimate of drug-likeness (QED) is 0.339. The zero-order valence-electron chi connectivity index (χ0n) is 23.9. The summed E-state index contributed by atoms with van der Waals surface area (Å²) in [5, 5.41) is 17.0. The van der Waals surface area contributed by atoms with E-state index in [1.807, 2.05) is 18.2 Å². The maximum atomic E-state index is 14.2. The van der Waals surface area contributed by atoms with E-state index in [-0.39, 0.29) is 23.9 Å². The van der Waals surface area contributed by atoms with E-state index in [4.69, 9.17) is 14.3 Å². The summed E-state index contributed by atoms with van der Waals surface area (Å²) in [6, 6.07) is 11.1. The first-order valence-corrected chi connectivity index (χ1v) is 13.8. The van der Waals surface area contributed by atoms with Gasteiger partial charge in [0.25, 0.3) is 0 Å². The third kappa shape index (κ3) is 6.90. The van der Waals surface area contributed by atoms with Gasteiger partial charge < -0.3 is 24.1 Å². The normalized spacial score (nSPS) is 16.0. The Balaban J connectivity index is 1.34. The van der Waals surface area contributed by atoms with Crippen LogP contribution in [-0.4, -0.2) is 69.1 Å². The zero-order chi connectivity index (χ0) is 30.9. The molecule has 0 bridgehead atoms. The van der Waals surface area contributed by atoms with E-state index in [2.05, 4.69) is 10.2 Å². The summed E-state index contributed by atoms with van der Waals surface area (Å²) in [4.78, 5) is 26.3. The fraction of sp³-hybridized carbons (Fsp3) is 0.355. The van der Waals surface area contributed by atoms with Crippen molar-refractivity contribution in [1.82, 2.24) is 20.0 Å². The lowest BCUT2D eigenvalue weighted by Crippen LogP contribution is -2.39. The minimum absolute atomic E-state index is 0.0747. The topological polar surface area (TPSA) is 109 Å². The van der Waals surface area contributed by atoms with Gasteiger partial charge in [-0.1, -0.05) is 30.4 Å². The Bertz CT molecular complexity index is 1590. The van der Waals surface area contributed by atoms with Crippen LogP contribution >= 0.6 is 0 Å². The molecule has 1 aromatic heterocycles. The van der Waals surface area contributed by atoms with Crippen molar-refractivity contribution in [1.29, 1.82) is 0 Å². The Morgan fingerprint density at radius 2 is 1.40 bits per heavy atom. The maximum absolute atomic E-state index is 14.2. The zero-order valence-corrected chi connectivity index (χ0v) is 23.9. The minimum atomic E-state index is -4.68. The number of aromatic nitrogens is 2. The second-order valence-electron chi connectivity index (χ2n) is 11.4. The van der Waals surface area contributed by atoms with Crippen LogP contribution in [0.2, 0.25) is 0 Å². The summed E-state index contributed by atoms with van der Waals surface area (Å²) in [6.45, 7) is 6.58. The average Bonchev–Trinajstić information content (AvgIpc) is 3.46. The van der Waals surface area contributed by atoms with Gasteiger partial charge in [0, 0.05) is 31.7 Å². The van der Waals surface area contributed by atoms with Crippen LogP contribution in [0.25, 0.3) is 34.1 Å². The molecule has 3 heterocycles. The average molecular weight is 597 g/mol. The summed E-state index contributed by atoms with van der Waals surface area (Å²) in [5.74, 6) is -0.180. The fourth-order valence-corrected chi connectivity index (χ4v) is 4.97. The van der Waals surface area contributed by atoms with E-state index in [1.165, 1.54) is 15.9 Å². The Hall–Kier alpha value is -4.61. The van der Waals surface area contributed by atoms with Gasteiger partial charge in [0.1, 0.15) is 5.60 Å². The van der Waals surface area contributed by atoms with Gasteiger partial charge >= 0.3 is 18.4 Å². The summed E-state index contributed by atoms with van der Waals surface area (Å²) < 4.78 is 53.7. The monoisotopic (exact) mass is 596 g/mol. The van der Waals surface area contributed by atoms with Gasteiger partial charge in [-0.05, 0) is 80.2 Å². The van der Waals surface area contributed by atoms with Gasteiger partial charge in [0.15, 0.2) is 0 Å². The van der Waals surface area contributed by atoms with Crippen LogP contribution in [0.15, 0.2) is 59.0 Å². The summed E-state index contributed by atoms with van der Waals surface area (Å²) in [5.41, 5.74) is 1.80. The molecule has 0 unspecified atom stereocenters. The molecule has 0 saturated carbocycles. The first-order valence-electron chi connectivity index (χ1n) is 13.8. The van der Waals surface area contributed by atoms with Gasteiger partial charge in [-0.2, -0.15) is 13.2 Å². The molecular formula is C31H31F3N4O5. The SMILES string of the molecule is CC(C)(C)OC(=O)N1CC=C(c2ccc(-c3nnc(-c4ccc(C5=CCN(C(=O)O)CC5)cc4)o3)c(C(F)(F)F)c2)CC1. The van der Waals surface area contributed by atoms with Gasteiger partial charge in [-0.25, -0.2) is 9.59 Å². The number of hydrogen-bond acceptors (Lipinski definition) is 6. The summed E-state index contributed by atoms with van der Waals surface area (Å²) >= 11 is 0. The van der Waals surface area contributed by atoms with Crippen molar-refractivity contribution < 1.29 is 37.0 Å². The lowest BCUT2D eigenvalue weighted by atomic mass is 9.95. The number of amides is 2. The highest BCUT2D eigenvalue weighted by Crippen LogP contribution is 2.40. The Morgan fingerprint density at radius 3 is 1.95 bits per heavy atom. The van der Waals surface area contributed by atoms with Crippen molar-refractivity contribution in [3.63, 3.8) is 0 Å². The molecule has 9 nitrogen and oxygen atoms in total. The second-order valence-corrected chi connectivity index (χ2v) is 11.4. The lowest BCUT2D eigenvalue weighted by molar-refractivity contribution is -0.137. The molecule has 0 atom stereocenters. The van der Waals surface area contributed by atoms with Gasteiger partial charge in [0.2, 0.25) is 11.8 Å². The number of halogens is 3. The third-order valence-electron chi connectivity index (χ3n) is 7.19. The van der Waals surface area contributed by atoms with Crippen LogP contribution in [0.3, 0.4) is 0 Å². The van der Waals surface area contributed by atoms with Crippen LogP contribution in [0.4, 0.5) is 22.8 Å². The predicted octanol–water partition coefficient (Wildman–Crippen LogP) is 7.21. The van der Waals surface area contributed by atoms with Crippen LogP contribution in [0.5, 0.6) is 0 Å². The van der Waals surface area contributed by atoms with Crippen LogP contribution in [0.1, 0.15) is 50.3 Å². The van der Waals surface area contributed by atoms with Gasteiger partial charge in [0.05, 0.1) is 11.1 Å². The smallest absolute Gasteiger partial charge is 0.417 e. The van der Waals surface area contributed by atoms with Crippen LogP contribution in [0, 0.1) is 0 Å². The molecule has 43 heavy (non-hydrogen) atoms. The van der Waals surface area contributed by atoms with E-state index >= 15 is 0 Å². The van der Waals surface area contributed by atoms with E-state index < -0.39 is 29.5 Å². The number of nitrogens with zero attached hydrogens (tertiary/aromatic N) is 4. The van der Waals surface area contributed by atoms with Gasteiger partial charge in [-0.15, -0.1) is 10.2 Å². The highest BCUT2D eigenvalue weighted by molar-refractivity contribution is 5.75. The van der Waals surface area contributed by atoms with Crippen molar-refractivity contribution in [2.75, 3.05) is 26.2 Å². The number of carboxylic acid groups (broad SMARTS) is 1. The van der Waals surface area contributed by atoms with E-state index in [9.17, 15) is 22.8 Å². The highest BCUT2D eigenvalue weighted by atomic mass is 19.4. The third-order valence-corrected chi connectivity index (χ3v) is 7.19. The molecule has 2 aliphatic heterocycles. The Labute approximate surface area is 246 Å². The molecule has 0 saturated heterocycles. The van der Waals surface area contributed by atoms with Crippen molar-refractivity contribution in [2.24, 2.45) is 0 Å². The molecule has 0 radical (unpaired) electrons. The number of benzene rings is 2.